The number of carbonyl (C=O) groups excluding carboxylic acids is 2. The smallest absolute Gasteiger partial charge is 0.417 e. The molecule has 2 rings (SSSR count). The van der Waals surface area contributed by atoms with E-state index < -0.39 is 35.7 Å². The van der Waals surface area contributed by atoms with Gasteiger partial charge in [-0.1, -0.05) is 24.3 Å². The van der Waals surface area contributed by atoms with E-state index in [2.05, 4.69) is 15.8 Å². The zero-order chi connectivity index (χ0) is 19.9. The first-order valence-corrected chi connectivity index (χ1v) is 7.71. The molecule has 0 unspecified atom stereocenters. The van der Waals surface area contributed by atoms with E-state index in [0.29, 0.717) is 11.3 Å². The Kier molecular flexibility index (Phi) is 6.53. The van der Waals surface area contributed by atoms with Crippen LogP contribution in [0.5, 0.6) is 5.75 Å². The van der Waals surface area contributed by atoms with E-state index in [0.717, 1.165) is 12.1 Å². The topological polar surface area (TPSA) is 79.8 Å². The van der Waals surface area contributed by atoms with E-state index in [9.17, 15) is 22.8 Å². The van der Waals surface area contributed by atoms with E-state index >= 15 is 0 Å². The second kappa shape index (κ2) is 8.84. The van der Waals surface area contributed by atoms with E-state index in [1.54, 1.807) is 24.3 Å². The Hall–Kier alpha value is -3.36. The molecule has 142 valence electrons. The summed E-state index contributed by atoms with van der Waals surface area (Å²) in [5.41, 5.74) is 1.21. The second-order valence-corrected chi connectivity index (χ2v) is 5.30. The first-order valence-electron chi connectivity index (χ1n) is 7.71. The van der Waals surface area contributed by atoms with Gasteiger partial charge in [0.15, 0.2) is 0 Å². The van der Waals surface area contributed by atoms with Crippen molar-refractivity contribution in [3.63, 3.8) is 0 Å². The van der Waals surface area contributed by atoms with Gasteiger partial charge in [-0.05, 0) is 29.8 Å². The van der Waals surface area contributed by atoms with Gasteiger partial charge in [0.1, 0.15) is 5.75 Å². The zero-order valence-electron chi connectivity index (χ0n) is 14.2. The largest absolute Gasteiger partial charge is 0.497 e. The zero-order valence-corrected chi connectivity index (χ0v) is 14.2. The standard InChI is InChI=1S/C18H16F3N3O3/c1-27-13-6-4-5-12(9-13)10-23-24-16(25)11-22-17(26)14-7-2-3-8-15(14)18(19,20)21/h2-10H,11H2,1H3,(H,22,26)(H,24,25)/b23-10-. The van der Waals surface area contributed by atoms with E-state index in [1.165, 1.54) is 25.5 Å². The predicted octanol–water partition coefficient (Wildman–Crippen LogP) is 2.59. The molecular weight excluding hydrogens is 363 g/mol. The third-order valence-corrected chi connectivity index (χ3v) is 3.38. The molecule has 0 aliphatic carbocycles. The highest BCUT2D eigenvalue weighted by molar-refractivity contribution is 5.98. The summed E-state index contributed by atoms with van der Waals surface area (Å²) in [7, 11) is 1.51. The summed E-state index contributed by atoms with van der Waals surface area (Å²) < 4.78 is 43.8. The lowest BCUT2D eigenvalue weighted by Crippen LogP contribution is -2.35. The van der Waals surface area contributed by atoms with Crippen LogP contribution in [0.2, 0.25) is 0 Å². The SMILES string of the molecule is COc1cccc(/C=N\NC(=O)CNC(=O)c2ccccc2C(F)(F)F)c1. The lowest BCUT2D eigenvalue weighted by atomic mass is 10.1. The van der Waals surface area contributed by atoms with Crippen LogP contribution >= 0.6 is 0 Å². The van der Waals surface area contributed by atoms with Gasteiger partial charge in [-0.25, -0.2) is 5.43 Å². The van der Waals surface area contributed by atoms with Crippen molar-refractivity contribution in [2.45, 2.75) is 6.18 Å². The van der Waals surface area contributed by atoms with Gasteiger partial charge < -0.3 is 10.1 Å². The number of alkyl halides is 3. The van der Waals surface area contributed by atoms with Gasteiger partial charge in [0, 0.05) is 0 Å². The normalized spacial score (nSPS) is 11.3. The summed E-state index contributed by atoms with van der Waals surface area (Å²) in [6.45, 7) is -0.527. The quantitative estimate of drug-likeness (QED) is 0.598. The predicted molar refractivity (Wildman–Crippen MR) is 92.5 cm³/mol. The molecule has 0 saturated carbocycles. The molecule has 27 heavy (non-hydrogen) atoms. The van der Waals surface area contributed by atoms with Crippen molar-refractivity contribution in [2.75, 3.05) is 13.7 Å². The van der Waals surface area contributed by atoms with Gasteiger partial charge in [-0.3, -0.25) is 9.59 Å². The average molecular weight is 379 g/mol. The number of carbonyl (C=O) groups is 2. The number of hydrazone groups is 1. The number of benzene rings is 2. The molecule has 0 radical (unpaired) electrons. The maximum Gasteiger partial charge on any atom is 0.417 e. The van der Waals surface area contributed by atoms with Crippen LogP contribution in [0.3, 0.4) is 0 Å². The molecule has 0 atom stereocenters. The Labute approximate surface area is 153 Å². The summed E-state index contributed by atoms with van der Waals surface area (Å²) in [5.74, 6) is -1.08. The van der Waals surface area contributed by atoms with Crippen LogP contribution in [-0.4, -0.2) is 31.7 Å². The number of nitrogens with zero attached hydrogens (tertiary/aromatic N) is 1. The van der Waals surface area contributed by atoms with Gasteiger partial charge in [0.25, 0.3) is 11.8 Å². The number of nitrogens with one attached hydrogen (secondary N) is 2. The van der Waals surface area contributed by atoms with Gasteiger partial charge in [0.2, 0.25) is 0 Å². The Morgan fingerprint density at radius 2 is 1.89 bits per heavy atom. The average Bonchev–Trinajstić information content (AvgIpc) is 2.65. The lowest BCUT2D eigenvalue weighted by molar-refractivity contribution is -0.137. The van der Waals surface area contributed by atoms with Crippen molar-refractivity contribution in [3.05, 3.63) is 65.2 Å². The van der Waals surface area contributed by atoms with Crippen LogP contribution < -0.4 is 15.5 Å². The second-order valence-electron chi connectivity index (χ2n) is 5.30. The number of amides is 2. The Morgan fingerprint density at radius 3 is 2.59 bits per heavy atom. The van der Waals surface area contributed by atoms with Crippen LogP contribution in [0.4, 0.5) is 13.2 Å². The highest BCUT2D eigenvalue weighted by Gasteiger charge is 2.34. The monoisotopic (exact) mass is 379 g/mol. The molecule has 6 nitrogen and oxygen atoms in total. The molecule has 2 amide bonds. The molecule has 2 aromatic rings. The van der Waals surface area contributed by atoms with Crippen molar-refractivity contribution >= 4 is 18.0 Å². The molecule has 0 fully saturated rings. The summed E-state index contributed by atoms with van der Waals surface area (Å²) in [5, 5.41) is 5.85. The highest BCUT2D eigenvalue weighted by Crippen LogP contribution is 2.31. The molecule has 9 heteroatoms. The Bertz CT molecular complexity index is 851. The number of hydrogen-bond donors (Lipinski definition) is 2. The Morgan fingerprint density at radius 1 is 1.15 bits per heavy atom. The fourth-order valence-corrected chi connectivity index (χ4v) is 2.12. The van der Waals surface area contributed by atoms with Crippen LogP contribution in [0.25, 0.3) is 0 Å². The minimum atomic E-state index is -4.67. The maximum atomic E-state index is 12.9. The number of rotatable bonds is 6. The minimum Gasteiger partial charge on any atom is -0.497 e. The summed E-state index contributed by atoms with van der Waals surface area (Å²) in [6.07, 6.45) is -3.31. The molecule has 0 saturated heterocycles. The molecule has 0 aromatic heterocycles. The highest BCUT2D eigenvalue weighted by atomic mass is 19.4. The van der Waals surface area contributed by atoms with E-state index in [1.807, 2.05) is 0 Å². The Balaban J connectivity index is 1.90. The molecule has 0 aliphatic rings. The maximum absolute atomic E-state index is 12.9. The molecule has 0 bridgehead atoms. The molecule has 0 spiro atoms. The van der Waals surface area contributed by atoms with Gasteiger partial charge >= 0.3 is 6.18 Å². The van der Waals surface area contributed by atoms with Crippen LogP contribution in [0.1, 0.15) is 21.5 Å². The van der Waals surface area contributed by atoms with Crippen molar-refractivity contribution in [1.29, 1.82) is 0 Å². The number of halogens is 3. The van der Waals surface area contributed by atoms with Gasteiger partial charge in [-0.15, -0.1) is 0 Å². The van der Waals surface area contributed by atoms with Crippen LogP contribution in [0.15, 0.2) is 53.6 Å². The number of methoxy groups -OCH3 is 1. The third kappa shape index (κ3) is 5.84. The third-order valence-electron chi connectivity index (χ3n) is 3.38. The van der Waals surface area contributed by atoms with Crippen molar-refractivity contribution < 1.29 is 27.5 Å². The lowest BCUT2D eigenvalue weighted by Gasteiger charge is -2.12. The van der Waals surface area contributed by atoms with Gasteiger partial charge in [0.05, 0.1) is 31.0 Å². The molecule has 0 heterocycles. The summed E-state index contributed by atoms with van der Waals surface area (Å²) in [6, 6.07) is 11.2. The number of hydrogen-bond acceptors (Lipinski definition) is 4. The van der Waals surface area contributed by atoms with Crippen molar-refractivity contribution in [2.24, 2.45) is 5.10 Å². The summed E-state index contributed by atoms with van der Waals surface area (Å²) >= 11 is 0. The van der Waals surface area contributed by atoms with E-state index in [-0.39, 0.29) is 0 Å². The molecule has 2 N–H and O–H groups in total. The van der Waals surface area contributed by atoms with Gasteiger partial charge in [-0.2, -0.15) is 18.3 Å². The molecule has 0 aliphatic heterocycles. The summed E-state index contributed by atoms with van der Waals surface area (Å²) in [4.78, 5) is 23.6. The minimum absolute atomic E-state index is 0.527. The molecule has 2 aromatic carbocycles. The fraction of sp³-hybridized carbons (Fsp3) is 0.167. The first kappa shape index (κ1) is 20.0. The van der Waals surface area contributed by atoms with Crippen molar-refractivity contribution in [3.8, 4) is 5.75 Å². The number of ether oxygens (including phenoxy) is 1. The van der Waals surface area contributed by atoms with Crippen LogP contribution in [0, 0.1) is 0 Å². The van der Waals surface area contributed by atoms with E-state index in [4.69, 9.17) is 4.74 Å². The van der Waals surface area contributed by atoms with Crippen LogP contribution in [-0.2, 0) is 11.0 Å². The molecular formula is C18H16F3N3O3. The first-order chi connectivity index (χ1) is 12.8. The van der Waals surface area contributed by atoms with Crippen molar-refractivity contribution in [1.82, 2.24) is 10.7 Å². The fourth-order valence-electron chi connectivity index (χ4n) is 2.12.